The van der Waals surface area contributed by atoms with Crippen LogP contribution in [0.5, 0.6) is 0 Å². The van der Waals surface area contributed by atoms with E-state index in [2.05, 4.69) is 15.6 Å². The predicted molar refractivity (Wildman–Crippen MR) is 166 cm³/mol. The van der Waals surface area contributed by atoms with Crippen molar-refractivity contribution in [2.75, 3.05) is 30.8 Å². The summed E-state index contributed by atoms with van der Waals surface area (Å²) in [6.07, 6.45) is -0.243. The maximum atomic E-state index is 13.3. The van der Waals surface area contributed by atoms with Crippen molar-refractivity contribution >= 4 is 33.4 Å². The molecular formula is C31H47F3N4O6S. The van der Waals surface area contributed by atoms with Gasteiger partial charge >= 0.3 is 6.18 Å². The van der Waals surface area contributed by atoms with Crippen LogP contribution in [0.15, 0.2) is 17.1 Å². The van der Waals surface area contributed by atoms with Crippen molar-refractivity contribution in [1.29, 1.82) is 0 Å². The van der Waals surface area contributed by atoms with Crippen LogP contribution >= 0.6 is 0 Å². The number of aliphatic hydroxyl groups is 2. The molecule has 1 fully saturated rings. The Balaban J connectivity index is 1.45. The first kappa shape index (κ1) is 36.9. The van der Waals surface area contributed by atoms with Gasteiger partial charge in [-0.25, -0.2) is 12.7 Å². The lowest BCUT2D eigenvalue weighted by atomic mass is 9.89. The van der Waals surface area contributed by atoms with Gasteiger partial charge in [-0.1, -0.05) is 25.7 Å². The summed E-state index contributed by atoms with van der Waals surface area (Å²) in [5.74, 6) is 0.0123. The third-order valence-corrected chi connectivity index (χ3v) is 10.5. The minimum Gasteiger partial charge on any atom is -0.394 e. The van der Waals surface area contributed by atoms with Gasteiger partial charge in [-0.2, -0.15) is 13.2 Å². The fraction of sp³-hybridized carbons (Fsp3) is 0.710. The molecule has 2 aliphatic heterocycles. The molecule has 254 valence electrons. The smallest absolute Gasteiger partial charge is 0.389 e. The summed E-state index contributed by atoms with van der Waals surface area (Å²) < 4.78 is 64.6. The van der Waals surface area contributed by atoms with Crippen molar-refractivity contribution in [3.05, 3.63) is 28.8 Å². The van der Waals surface area contributed by atoms with Crippen molar-refractivity contribution in [2.24, 2.45) is 4.99 Å². The first-order chi connectivity index (χ1) is 21.1. The Bertz CT molecular complexity index is 1290. The number of amidine groups is 1. The summed E-state index contributed by atoms with van der Waals surface area (Å²) in [6.45, 7) is 3.70. The molecule has 4 N–H and O–H groups in total. The molecule has 0 aliphatic carbocycles. The lowest BCUT2D eigenvalue weighted by Crippen LogP contribution is -2.50. The quantitative estimate of drug-likeness (QED) is 0.183. The SMILES string of the molecule is Cc1cc(NC(=O)CC[C@H](O)CO)cc(C)c1CCS(=O)(=O)N1CCC2(CC1)N=C(CCCCCCCCC(F)(F)F)NC2=O. The van der Waals surface area contributed by atoms with Crippen molar-refractivity contribution < 1.29 is 41.4 Å². The van der Waals surface area contributed by atoms with Gasteiger partial charge in [0.15, 0.2) is 0 Å². The summed E-state index contributed by atoms with van der Waals surface area (Å²) in [6, 6.07) is 3.57. The first-order valence-corrected chi connectivity index (χ1v) is 17.4. The summed E-state index contributed by atoms with van der Waals surface area (Å²) >= 11 is 0. The highest BCUT2D eigenvalue weighted by atomic mass is 32.2. The summed E-state index contributed by atoms with van der Waals surface area (Å²) in [7, 11) is -3.60. The molecule has 2 aliphatic rings. The van der Waals surface area contributed by atoms with Gasteiger partial charge in [0.1, 0.15) is 11.4 Å². The molecule has 2 amide bonds. The van der Waals surface area contributed by atoms with Crippen molar-refractivity contribution in [1.82, 2.24) is 9.62 Å². The second-order valence-electron chi connectivity index (χ2n) is 12.3. The Kier molecular flexibility index (Phi) is 13.4. The summed E-state index contributed by atoms with van der Waals surface area (Å²) in [4.78, 5) is 29.7. The van der Waals surface area contributed by atoms with E-state index in [-0.39, 0.29) is 49.9 Å². The lowest BCUT2D eigenvalue weighted by Gasteiger charge is -2.34. The number of carbonyl (C=O) groups is 2. The van der Waals surface area contributed by atoms with Gasteiger partial charge < -0.3 is 20.8 Å². The van der Waals surface area contributed by atoms with E-state index in [1.54, 1.807) is 12.1 Å². The number of aryl methyl sites for hydroxylation is 2. The maximum absolute atomic E-state index is 13.3. The van der Waals surface area contributed by atoms with Gasteiger partial charge in [-0.05, 0) is 81.2 Å². The highest BCUT2D eigenvalue weighted by molar-refractivity contribution is 7.89. The number of anilines is 1. The molecule has 1 atom stereocenters. The van der Waals surface area contributed by atoms with Crippen LogP contribution in [0.25, 0.3) is 0 Å². The van der Waals surface area contributed by atoms with Gasteiger partial charge in [-0.3, -0.25) is 14.6 Å². The number of nitrogens with one attached hydrogen (secondary N) is 2. The molecule has 0 radical (unpaired) electrons. The number of sulfonamides is 1. The van der Waals surface area contributed by atoms with Crippen molar-refractivity contribution in [3.8, 4) is 0 Å². The molecule has 0 saturated carbocycles. The fourth-order valence-electron chi connectivity index (χ4n) is 5.93. The van der Waals surface area contributed by atoms with Crippen LogP contribution in [0.4, 0.5) is 18.9 Å². The molecule has 45 heavy (non-hydrogen) atoms. The Morgan fingerprint density at radius 3 is 2.27 bits per heavy atom. The molecule has 1 spiro atoms. The van der Waals surface area contributed by atoms with E-state index in [0.717, 1.165) is 42.4 Å². The van der Waals surface area contributed by atoms with E-state index >= 15 is 0 Å². The monoisotopic (exact) mass is 660 g/mol. The number of aliphatic imine (C=N–C) groups is 1. The topological polar surface area (TPSA) is 148 Å². The largest absolute Gasteiger partial charge is 0.394 e. The molecule has 10 nitrogen and oxygen atoms in total. The van der Waals surface area contributed by atoms with Gasteiger partial charge in [0, 0.05) is 38.0 Å². The molecule has 0 aromatic heterocycles. The zero-order chi connectivity index (χ0) is 33.3. The molecule has 0 unspecified atom stereocenters. The van der Waals surface area contributed by atoms with Crippen molar-refractivity contribution in [3.63, 3.8) is 0 Å². The summed E-state index contributed by atoms with van der Waals surface area (Å²) in [5, 5.41) is 24.0. The zero-order valence-electron chi connectivity index (χ0n) is 26.2. The van der Waals surface area contributed by atoms with Crippen LogP contribution < -0.4 is 10.6 Å². The number of hydrogen-bond acceptors (Lipinski definition) is 7. The molecule has 1 aromatic carbocycles. The lowest BCUT2D eigenvalue weighted by molar-refractivity contribution is -0.135. The number of piperidine rings is 1. The molecule has 0 bridgehead atoms. The highest BCUT2D eigenvalue weighted by Crippen LogP contribution is 2.32. The van der Waals surface area contributed by atoms with Crippen molar-refractivity contribution in [2.45, 2.75) is 115 Å². The average molecular weight is 661 g/mol. The molecule has 2 heterocycles. The Hall–Kier alpha value is -2.55. The van der Waals surface area contributed by atoms with Gasteiger partial charge in [0.2, 0.25) is 15.9 Å². The highest BCUT2D eigenvalue weighted by Gasteiger charge is 2.47. The van der Waals surface area contributed by atoms with E-state index in [1.807, 2.05) is 13.8 Å². The number of alkyl halides is 3. The van der Waals surface area contributed by atoms with E-state index in [1.165, 1.54) is 4.31 Å². The normalized spacial score (nSPS) is 17.8. The molecule has 14 heteroatoms. The second kappa shape index (κ2) is 16.3. The average Bonchev–Trinajstić information content (AvgIpc) is 3.25. The number of unbranched alkanes of at least 4 members (excludes halogenated alkanes) is 5. The Morgan fingerprint density at radius 1 is 1.07 bits per heavy atom. The van der Waals surface area contributed by atoms with Crippen LogP contribution in [-0.2, 0) is 26.0 Å². The molecule has 3 rings (SSSR count). The Morgan fingerprint density at radius 2 is 1.67 bits per heavy atom. The third-order valence-electron chi connectivity index (χ3n) is 8.60. The zero-order valence-corrected chi connectivity index (χ0v) is 27.0. The van der Waals surface area contributed by atoms with Gasteiger partial charge in [0.25, 0.3) is 5.91 Å². The predicted octanol–water partition coefficient (Wildman–Crippen LogP) is 4.29. The number of carbonyl (C=O) groups excluding carboxylic acids is 2. The minimum atomic E-state index is -4.10. The first-order valence-electron chi connectivity index (χ1n) is 15.8. The Labute approximate surface area is 263 Å². The van der Waals surface area contributed by atoms with Gasteiger partial charge in [0.05, 0.1) is 18.5 Å². The standard InChI is InChI=1S/C31H47F3N4O6S/c1-22-19-24(35-28(41)11-10-25(40)21-39)20-23(2)26(22)12-18-45(43,44)38-16-14-30(15-17-38)29(42)36-27(37-30)9-7-5-3-4-6-8-13-31(32,33)34/h19-20,25,39-40H,3-18,21H2,1-2H3,(H,35,41)(H,36,37,42)/t25-/m0/s1. The van der Waals surface area contributed by atoms with Crippen LogP contribution in [0, 0.1) is 13.8 Å². The maximum Gasteiger partial charge on any atom is 0.389 e. The van der Waals surface area contributed by atoms with Crippen LogP contribution in [0.3, 0.4) is 0 Å². The van der Waals surface area contributed by atoms with E-state index < -0.39 is 40.9 Å². The number of benzene rings is 1. The number of hydrogen-bond donors (Lipinski definition) is 4. The van der Waals surface area contributed by atoms with Crippen LogP contribution in [0.2, 0.25) is 0 Å². The molecular weight excluding hydrogens is 613 g/mol. The van der Waals surface area contributed by atoms with Crippen LogP contribution in [-0.4, -0.2) is 83.9 Å². The fourth-order valence-corrected chi connectivity index (χ4v) is 7.39. The van der Waals surface area contributed by atoms with Gasteiger partial charge in [-0.15, -0.1) is 0 Å². The summed E-state index contributed by atoms with van der Waals surface area (Å²) in [5.41, 5.74) is 2.20. The molecule has 1 aromatic rings. The van der Waals surface area contributed by atoms with E-state index in [9.17, 15) is 36.3 Å². The minimum absolute atomic E-state index is 0.0601. The van der Waals surface area contributed by atoms with Crippen LogP contribution in [0.1, 0.15) is 93.7 Å². The van der Waals surface area contributed by atoms with E-state index in [4.69, 9.17) is 5.11 Å². The number of halogens is 3. The van der Waals surface area contributed by atoms with E-state index in [0.29, 0.717) is 43.6 Å². The number of amides is 2. The third kappa shape index (κ3) is 11.3. The number of rotatable bonds is 17. The number of aliphatic hydroxyl groups excluding tert-OH is 2. The molecule has 1 saturated heterocycles. The second-order valence-corrected chi connectivity index (χ2v) is 14.3. The number of nitrogens with zero attached hydrogens (tertiary/aromatic N) is 2.